The zero-order valence-electron chi connectivity index (χ0n) is 17.8. The Bertz CT molecular complexity index is 1180. The number of nitrogens with two attached hydrogens (primary N) is 1. The fourth-order valence-electron chi connectivity index (χ4n) is 3.60. The van der Waals surface area contributed by atoms with E-state index in [2.05, 4.69) is 10.2 Å². The van der Waals surface area contributed by atoms with Gasteiger partial charge in [-0.2, -0.15) is 0 Å². The molecule has 1 aliphatic rings. The Hall–Kier alpha value is -3.31. The molecule has 0 saturated carbocycles. The number of carbonyl (C=O) groups excluding carboxylic acids is 1. The second-order valence-corrected chi connectivity index (χ2v) is 8.97. The average Bonchev–Trinajstić information content (AvgIpc) is 3.18. The van der Waals surface area contributed by atoms with Gasteiger partial charge in [-0.15, -0.1) is 10.2 Å². The van der Waals surface area contributed by atoms with Crippen LogP contribution >= 0.6 is 23.4 Å². The molecule has 2 heterocycles. The number of amides is 1. The predicted octanol–water partition coefficient (Wildman–Crippen LogP) is 2.97. The van der Waals surface area contributed by atoms with Crippen molar-refractivity contribution in [1.29, 1.82) is 0 Å². The number of carbonyl (C=O) groups is 1. The number of nitro benzene ring substituents is 1. The quantitative estimate of drug-likeness (QED) is 0.243. The Balaban J connectivity index is 1.34. The minimum atomic E-state index is -0.441. The van der Waals surface area contributed by atoms with Gasteiger partial charge in [0.15, 0.2) is 5.82 Å². The highest BCUT2D eigenvalue weighted by molar-refractivity contribution is 7.99. The molecule has 172 valence electrons. The van der Waals surface area contributed by atoms with Crippen LogP contribution in [0, 0.1) is 17.0 Å². The number of rotatable bonds is 6. The first kappa shape index (κ1) is 22.9. The van der Waals surface area contributed by atoms with Crippen molar-refractivity contribution < 1.29 is 9.72 Å². The number of anilines is 1. The molecule has 0 spiro atoms. The summed E-state index contributed by atoms with van der Waals surface area (Å²) >= 11 is 7.13. The van der Waals surface area contributed by atoms with E-state index in [1.807, 2.05) is 36.1 Å². The van der Waals surface area contributed by atoms with Gasteiger partial charge in [0.25, 0.3) is 5.69 Å². The molecule has 0 radical (unpaired) electrons. The van der Waals surface area contributed by atoms with Crippen molar-refractivity contribution in [3.05, 3.63) is 63.2 Å². The maximum absolute atomic E-state index is 12.7. The molecule has 1 amide bonds. The van der Waals surface area contributed by atoms with Crippen LogP contribution in [0.2, 0.25) is 5.02 Å². The minimum absolute atomic E-state index is 0.0375. The summed E-state index contributed by atoms with van der Waals surface area (Å²) in [5.41, 5.74) is 2.45. The summed E-state index contributed by atoms with van der Waals surface area (Å²) in [6, 6.07) is 12.4. The molecule has 2 N–H and O–H groups in total. The molecule has 1 saturated heterocycles. The third-order valence-corrected chi connectivity index (χ3v) is 6.57. The van der Waals surface area contributed by atoms with Crippen molar-refractivity contribution >= 4 is 40.6 Å². The minimum Gasteiger partial charge on any atom is -0.362 e. The first-order valence-electron chi connectivity index (χ1n) is 10.2. The summed E-state index contributed by atoms with van der Waals surface area (Å²) in [5, 5.41) is 20.4. The van der Waals surface area contributed by atoms with Crippen molar-refractivity contribution in [2.45, 2.75) is 12.1 Å². The summed E-state index contributed by atoms with van der Waals surface area (Å²) in [6.07, 6.45) is 0. The van der Waals surface area contributed by atoms with Crippen molar-refractivity contribution in [3.8, 4) is 11.4 Å². The van der Waals surface area contributed by atoms with Crippen LogP contribution in [-0.4, -0.2) is 62.5 Å². The van der Waals surface area contributed by atoms with E-state index in [1.165, 1.54) is 22.5 Å². The SMILES string of the molecule is Cc1ccc(-c2nnc(SCC(=O)N3CCN(c4ccc(Cl)cc4[N+](=O)[O-])CC3)n2N)cc1. The predicted molar refractivity (Wildman–Crippen MR) is 128 cm³/mol. The molecule has 0 aliphatic carbocycles. The maximum Gasteiger partial charge on any atom is 0.294 e. The molecule has 10 nitrogen and oxygen atoms in total. The van der Waals surface area contributed by atoms with Gasteiger partial charge in [0.1, 0.15) is 5.69 Å². The van der Waals surface area contributed by atoms with Gasteiger partial charge >= 0.3 is 0 Å². The average molecular weight is 488 g/mol. The number of benzene rings is 2. The second-order valence-electron chi connectivity index (χ2n) is 7.59. The molecule has 1 fully saturated rings. The van der Waals surface area contributed by atoms with Crippen LogP contribution in [0.5, 0.6) is 0 Å². The van der Waals surface area contributed by atoms with Gasteiger partial charge in [-0.1, -0.05) is 53.2 Å². The lowest BCUT2D eigenvalue weighted by atomic mass is 10.1. The highest BCUT2D eigenvalue weighted by Gasteiger charge is 2.26. The Morgan fingerprint density at radius 2 is 1.85 bits per heavy atom. The van der Waals surface area contributed by atoms with E-state index in [0.717, 1.165) is 11.1 Å². The van der Waals surface area contributed by atoms with Crippen molar-refractivity contribution in [2.75, 3.05) is 42.7 Å². The number of thioether (sulfide) groups is 1. The Morgan fingerprint density at radius 3 is 2.52 bits per heavy atom. The van der Waals surface area contributed by atoms with Gasteiger partial charge in [0.05, 0.1) is 10.7 Å². The van der Waals surface area contributed by atoms with E-state index in [4.69, 9.17) is 17.4 Å². The number of piperazine rings is 1. The zero-order chi connectivity index (χ0) is 23.5. The lowest BCUT2D eigenvalue weighted by Gasteiger charge is -2.35. The number of hydrogen-bond donors (Lipinski definition) is 1. The van der Waals surface area contributed by atoms with Gasteiger partial charge in [-0.25, -0.2) is 4.68 Å². The normalized spacial score (nSPS) is 13.9. The van der Waals surface area contributed by atoms with Gasteiger partial charge in [0.2, 0.25) is 11.1 Å². The number of aryl methyl sites for hydroxylation is 1. The van der Waals surface area contributed by atoms with Crippen molar-refractivity contribution in [3.63, 3.8) is 0 Å². The smallest absolute Gasteiger partial charge is 0.294 e. The molecule has 3 aromatic rings. The van der Waals surface area contributed by atoms with E-state index < -0.39 is 4.92 Å². The topological polar surface area (TPSA) is 123 Å². The van der Waals surface area contributed by atoms with E-state index in [0.29, 0.717) is 47.9 Å². The van der Waals surface area contributed by atoms with Gasteiger partial charge in [-0.3, -0.25) is 14.9 Å². The lowest BCUT2D eigenvalue weighted by Crippen LogP contribution is -2.49. The van der Waals surface area contributed by atoms with E-state index in [1.54, 1.807) is 17.0 Å². The summed E-state index contributed by atoms with van der Waals surface area (Å²) in [7, 11) is 0. The molecule has 0 bridgehead atoms. The standard InChI is InChI=1S/C21H22ClN7O3S/c1-14-2-4-15(5-3-14)20-24-25-21(28(20)23)33-13-19(30)27-10-8-26(9-11-27)17-7-6-16(22)12-18(17)29(31)32/h2-7,12H,8-11,13,23H2,1H3. The summed E-state index contributed by atoms with van der Waals surface area (Å²) in [6.45, 7) is 3.90. The van der Waals surface area contributed by atoms with Crippen molar-refractivity contribution in [2.24, 2.45) is 0 Å². The molecule has 2 aromatic carbocycles. The Morgan fingerprint density at radius 1 is 1.15 bits per heavy atom. The second kappa shape index (κ2) is 9.67. The molecule has 1 aliphatic heterocycles. The molecular formula is C21H22ClN7O3S. The summed E-state index contributed by atoms with van der Waals surface area (Å²) in [4.78, 5) is 27.3. The Kier molecular flexibility index (Phi) is 6.70. The van der Waals surface area contributed by atoms with Crippen LogP contribution in [0.25, 0.3) is 11.4 Å². The molecule has 12 heteroatoms. The molecular weight excluding hydrogens is 466 g/mol. The highest BCUT2D eigenvalue weighted by atomic mass is 35.5. The summed E-state index contributed by atoms with van der Waals surface area (Å²) in [5.74, 6) is 6.80. The first-order valence-corrected chi connectivity index (χ1v) is 11.6. The molecule has 33 heavy (non-hydrogen) atoms. The molecule has 0 atom stereocenters. The number of nitrogen functional groups attached to an aromatic ring is 1. The van der Waals surface area contributed by atoms with Gasteiger partial charge < -0.3 is 15.6 Å². The fraction of sp³-hybridized carbons (Fsp3) is 0.286. The first-order chi connectivity index (χ1) is 15.8. The van der Waals surface area contributed by atoms with E-state index >= 15 is 0 Å². The maximum atomic E-state index is 12.7. The number of hydrogen-bond acceptors (Lipinski definition) is 8. The number of halogens is 1. The lowest BCUT2D eigenvalue weighted by molar-refractivity contribution is -0.384. The fourth-order valence-corrected chi connectivity index (χ4v) is 4.53. The van der Waals surface area contributed by atoms with Crippen LogP contribution in [-0.2, 0) is 4.79 Å². The van der Waals surface area contributed by atoms with Crippen LogP contribution in [0.15, 0.2) is 47.6 Å². The monoisotopic (exact) mass is 487 g/mol. The third kappa shape index (κ3) is 5.04. The van der Waals surface area contributed by atoms with Crippen LogP contribution in [0.1, 0.15) is 5.56 Å². The highest BCUT2D eigenvalue weighted by Crippen LogP contribution is 2.31. The van der Waals surface area contributed by atoms with Crippen LogP contribution in [0.3, 0.4) is 0 Å². The molecule has 1 aromatic heterocycles. The van der Waals surface area contributed by atoms with Gasteiger partial charge in [0, 0.05) is 42.8 Å². The van der Waals surface area contributed by atoms with Gasteiger partial charge in [-0.05, 0) is 19.1 Å². The molecule has 0 unspecified atom stereocenters. The molecule has 4 rings (SSSR count). The van der Waals surface area contributed by atoms with E-state index in [-0.39, 0.29) is 17.3 Å². The van der Waals surface area contributed by atoms with E-state index in [9.17, 15) is 14.9 Å². The van der Waals surface area contributed by atoms with Crippen LogP contribution in [0.4, 0.5) is 11.4 Å². The number of nitrogens with zero attached hydrogens (tertiary/aromatic N) is 6. The number of nitro groups is 1. The van der Waals surface area contributed by atoms with Crippen LogP contribution < -0.4 is 10.7 Å². The number of aromatic nitrogens is 3. The largest absolute Gasteiger partial charge is 0.362 e. The van der Waals surface area contributed by atoms with Crippen molar-refractivity contribution in [1.82, 2.24) is 19.8 Å². The third-order valence-electron chi connectivity index (χ3n) is 5.41. The zero-order valence-corrected chi connectivity index (χ0v) is 19.4. The summed E-state index contributed by atoms with van der Waals surface area (Å²) < 4.78 is 1.39. The Labute approximate surface area is 199 Å².